The van der Waals surface area contributed by atoms with E-state index in [0.29, 0.717) is 28.8 Å². The van der Waals surface area contributed by atoms with Crippen LogP contribution in [0.2, 0.25) is 0 Å². The number of rotatable bonds is 7. The molecule has 0 aliphatic carbocycles. The highest BCUT2D eigenvalue weighted by Crippen LogP contribution is 2.28. The van der Waals surface area contributed by atoms with Crippen LogP contribution in [0.15, 0.2) is 65.2 Å². The summed E-state index contributed by atoms with van der Waals surface area (Å²) in [6.45, 7) is 6.50. The molecule has 0 bridgehead atoms. The first-order valence-electron chi connectivity index (χ1n) is 11.6. The number of aromatic nitrogens is 2. The Balaban J connectivity index is 1.10. The number of nitrogens with one attached hydrogen (secondary N) is 1. The largest absolute Gasteiger partial charge is 0.367 e. The smallest absolute Gasteiger partial charge is 0.261 e. The molecule has 1 amide bonds. The molecule has 35 heavy (non-hydrogen) atoms. The van der Waals surface area contributed by atoms with E-state index in [2.05, 4.69) is 25.3 Å². The van der Waals surface area contributed by atoms with Gasteiger partial charge in [-0.25, -0.2) is 4.39 Å². The summed E-state index contributed by atoms with van der Waals surface area (Å²) in [5, 5.41) is 7.06. The Morgan fingerprint density at radius 3 is 2.60 bits per heavy atom. The molecule has 0 unspecified atom stereocenters. The molecule has 2 aromatic heterocycles. The van der Waals surface area contributed by atoms with Crippen LogP contribution in [0.4, 0.5) is 10.1 Å². The van der Waals surface area contributed by atoms with E-state index in [0.717, 1.165) is 48.7 Å². The molecule has 4 aromatic rings. The third-order valence-electron chi connectivity index (χ3n) is 6.05. The van der Waals surface area contributed by atoms with Gasteiger partial charge in [-0.05, 0) is 43.3 Å². The first kappa shape index (κ1) is 23.2. The maximum atomic E-state index is 14.0. The fraction of sp³-hybridized carbons (Fsp3) is 0.269. The summed E-state index contributed by atoms with van der Waals surface area (Å²) in [7, 11) is 0. The van der Waals surface area contributed by atoms with Crippen molar-refractivity contribution in [2.75, 3.05) is 44.2 Å². The molecule has 9 heteroatoms. The lowest BCUT2D eigenvalue weighted by Crippen LogP contribution is -2.48. The summed E-state index contributed by atoms with van der Waals surface area (Å²) in [5.74, 6) is 0.621. The van der Waals surface area contributed by atoms with Crippen LogP contribution in [0.25, 0.3) is 22.2 Å². The zero-order valence-electron chi connectivity index (χ0n) is 19.4. The number of halogens is 1. The average molecular weight is 492 g/mol. The van der Waals surface area contributed by atoms with Gasteiger partial charge in [0.1, 0.15) is 5.82 Å². The predicted molar refractivity (Wildman–Crippen MR) is 135 cm³/mol. The van der Waals surface area contributed by atoms with Crippen molar-refractivity contribution < 1.29 is 13.7 Å². The Hall–Kier alpha value is -3.56. The fourth-order valence-electron chi connectivity index (χ4n) is 4.05. The minimum Gasteiger partial charge on any atom is -0.367 e. The van der Waals surface area contributed by atoms with Crippen molar-refractivity contribution in [1.82, 2.24) is 20.4 Å². The molecular formula is C26H26FN5O2S. The van der Waals surface area contributed by atoms with E-state index in [9.17, 15) is 9.18 Å². The summed E-state index contributed by atoms with van der Waals surface area (Å²) in [4.78, 5) is 22.8. The van der Waals surface area contributed by atoms with Crippen LogP contribution < -0.4 is 10.2 Å². The summed E-state index contributed by atoms with van der Waals surface area (Å²) in [6, 6.07) is 18.4. The van der Waals surface area contributed by atoms with Gasteiger partial charge >= 0.3 is 0 Å². The molecule has 3 heterocycles. The van der Waals surface area contributed by atoms with Gasteiger partial charge in [0, 0.05) is 44.8 Å². The number of para-hydroxylation sites is 1. The van der Waals surface area contributed by atoms with E-state index in [1.54, 1.807) is 12.1 Å². The predicted octanol–water partition coefficient (Wildman–Crippen LogP) is 4.46. The maximum Gasteiger partial charge on any atom is 0.261 e. The Bertz CT molecular complexity index is 1300. The third kappa shape index (κ3) is 5.41. The molecule has 1 fully saturated rings. The van der Waals surface area contributed by atoms with Gasteiger partial charge in [-0.15, -0.1) is 11.3 Å². The van der Waals surface area contributed by atoms with Crippen molar-refractivity contribution in [1.29, 1.82) is 0 Å². The van der Waals surface area contributed by atoms with E-state index in [1.165, 1.54) is 17.4 Å². The van der Waals surface area contributed by atoms with Crippen molar-refractivity contribution in [3.05, 3.63) is 76.9 Å². The van der Waals surface area contributed by atoms with Gasteiger partial charge in [-0.3, -0.25) is 9.69 Å². The van der Waals surface area contributed by atoms with Crippen LogP contribution in [0.3, 0.4) is 0 Å². The molecule has 2 aromatic carbocycles. The highest BCUT2D eigenvalue weighted by Gasteiger charge is 2.20. The topological polar surface area (TPSA) is 74.5 Å². The molecule has 5 rings (SSSR count). The SMILES string of the molecule is Cc1ccc(-c2nc(-c3ccc(C(=O)NCCN4CCN(c5ccccc5F)CC4)s3)no2)cc1. The summed E-state index contributed by atoms with van der Waals surface area (Å²) in [6.07, 6.45) is 0. The Labute approximate surface area is 207 Å². The molecule has 0 spiro atoms. The van der Waals surface area contributed by atoms with Crippen LogP contribution in [-0.2, 0) is 0 Å². The quantitative estimate of drug-likeness (QED) is 0.411. The monoisotopic (exact) mass is 491 g/mol. The van der Waals surface area contributed by atoms with Gasteiger partial charge in [0.05, 0.1) is 15.4 Å². The number of thiophene rings is 1. The lowest BCUT2D eigenvalue weighted by molar-refractivity contribution is 0.0952. The number of nitrogens with zero attached hydrogens (tertiary/aromatic N) is 4. The van der Waals surface area contributed by atoms with Crippen molar-refractivity contribution in [3.8, 4) is 22.2 Å². The second-order valence-corrected chi connectivity index (χ2v) is 9.57. The Morgan fingerprint density at radius 1 is 1.06 bits per heavy atom. The minimum absolute atomic E-state index is 0.117. The lowest BCUT2D eigenvalue weighted by Gasteiger charge is -2.36. The number of anilines is 1. The van der Waals surface area contributed by atoms with E-state index in [-0.39, 0.29) is 11.7 Å². The normalized spacial score (nSPS) is 14.3. The number of amides is 1. The number of carbonyl (C=O) groups excluding carboxylic acids is 1. The highest BCUT2D eigenvalue weighted by atomic mass is 32.1. The number of aryl methyl sites for hydroxylation is 1. The maximum absolute atomic E-state index is 14.0. The van der Waals surface area contributed by atoms with Gasteiger partial charge in [0.15, 0.2) is 0 Å². The summed E-state index contributed by atoms with van der Waals surface area (Å²) in [5.41, 5.74) is 2.67. The van der Waals surface area contributed by atoms with E-state index < -0.39 is 0 Å². The summed E-state index contributed by atoms with van der Waals surface area (Å²) >= 11 is 1.34. The van der Waals surface area contributed by atoms with Gasteiger partial charge in [0.25, 0.3) is 11.8 Å². The van der Waals surface area contributed by atoms with Crippen LogP contribution in [0.5, 0.6) is 0 Å². The number of hydrogen-bond donors (Lipinski definition) is 1. The molecule has 1 aliphatic rings. The van der Waals surface area contributed by atoms with Gasteiger partial charge < -0.3 is 14.7 Å². The summed E-state index contributed by atoms with van der Waals surface area (Å²) < 4.78 is 19.4. The molecule has 180 valence electrons. The first-order valence-corrected chi connectivity index (χ1v) is 12.4. The standard InChI is InChI=1S/C26H26FN5O2S/c1-18-6-8-19(9-7-18)26-29-24(30-34-26)22-10-11-23(35-22)25(33)28-12-13-31-14-16-32(17-15-31)21-5-3-2-4-20(21)27/h2-11H,12-17H2,1H3,(H,28,33). The number of benzene rings is 2. The molecule has 0 atom stereocenters. The van der Waals surface area contributed by atoms with Crippen molar-refractivity contribution >= 4 is 22.9 Å². The molecule has 1 aliphatic heterocycles. The minimum atomic E-state index is -0.185. The molecule has 1 saturated heterocycles. The average Bonchev–Trinajstić information content (AvgIpc) is 3.56. The van der Waals surface area contributed by atoms with Crippen LogP contribution in [0.1, 0.15) is 15.2 Å². The third-order valence-corrected chi connectivity index (χ3v) is 7.13. The van der Waals surface area contributed by atoms with Crippen molar-refractivity contribution in [2.24, 2.45) is 0 Å². The zero-order valence-corrected chi connectivity index (χ0v) is 20.2. The van der Waals surface area contributed by atoms with Gasteiger partial charge in [-0.1, -0.05) is 35.0 Å². The molecule has 7 nitrogen and oxygen atoms in total. The van der Waals surface area contributed by atoms with Gasteiger partial charge in [0.2, 0.25) is 5.82 Å². The van der Waals surface area contributed by atoms with E-state index in [4.69, 9.17) is 4.52 Å². The van der Waals surface area contributed by atoms with Crippen LogP contribution in [-0.4, -0.2) is 60.2 Å². The molecule has 0 radical (unpaired) electrons. The zero-order chi connectivity index (χ0) is 24.2. The second kappa shape index (κ2) is 10.4. The van der Waals surface area contributed by atoms with Gasteiger partial charge in [-0.2, -0.15) is 4.98 Å². The second-order valence-electron chi connectivity index (χ2n) is 8.49. The van der Waals surface area contributed by atoms with Crippen LogP contribution >= 0.6 is 11.3 Å². The van der Waals surface area contributed by atoms with Crippen molar-refractivity contribution in [2.45, 2.75) is 6.92 Å². The number of piperazine rings is 1. The molecule has 1 N–H and O–H groups in total. The molecular weight excluding hydrogens is 465 g/mol. The Kier molecular flexibility index (Phi) is 6.87. The van der Waals surface area contributed by atoms with Crippen molar-refractivity contribution in [3.63, 3.8) is 0 Å². The first-order chi connectivity index (χ1) is 17.1. The lowest BCUT2D eigenvalue weighted by atomic mass is 10.1. The van der Waals surface area contributed by atoms with Crippen LogP contribution in [0, 0.1) is 12.7 Å². The number of hydrogen-bond acceptors (Lipinski definition) is 7. The fourth-order valence-corrected chi connectivity index (χ4v) is 4.90. The Morgan fingerprint density at radius 2 is 1.83 bits per heavy atom. The number of carbonyl (C=O) groups is 1. The van der Waals surface area contributed by atoms with E-state index >= 15 is 0 Å². The van der Waals surface area contributed by atoms with E-state index in [1.807, 2.05) is 49.4 Å². The highest BCUT2D eigenvalue weighted by molar-refractivity contribution is 7.17. The molecule has 0 saturated carbocycles.